The summed E-state index contributed by atoms with van der Waals surface area (Å²) in [5, 5.41) is 12.3. The number of benzene rings is 1. The van der Waals surface area contributed by atoms with Crippen molar-refractivity contribution in [3.63, 3.8) is 0 Å². The molecule has 0 aliphatic heterocycles. The van der Waals surface area contributed by atoms with Gasteiger partial charge < -0.3 is 10.2 Å². The zero-order valence-corrected chi connectivity index (χ0v) is 12.7. The Morgan fingerprint density at radius 1 is 1.48 bits per heavy atom. The summed E-state index contributed by atoms with van der Waals surface area (Å²) < 4.78 is 13.9. The minimum atomic E-state index is -0.476. The monoisotopic (exact) mass is 313 g/mol. The van der Waals surface area contributed by atoms with E-state index in [0.29, 0.717) is 11.4 Å². The first-order valence-electron chi connectivity index (χ1n) is 6.08. The molecule has 1 rings (SSSR count). The van der Waals surface area contributed by atoms with E-state index in [-0.39, 0.29) is 17.2 Å². The van der Waals surface area contributed by atoms with Crippen molar-refractivity contribution in [3.8, 4) is 0 Å². The highest BCUT2D eigenvalue weighted by Gasteiger charge is 2.13. The molecule has 21 heavy (non-hydrogen) atoms. The predicted molar refractivity (Wildman–Crippen MR) is 80.1 cm³/mol. The van der Waals surface area contributed by atoms with Crippen LogP contribution < -0.4 is 10.8 Å². The molecule has 5 nitrogen and oxygen atoms in total. The summed E-state index contributed by atoms with van der Waals surface area (Å²) in [5.41, 5.74) is 2.99. The largest absolute Gasteiger partial charge is 0.337 e. The van der Waals surface area contributed by atoms with Crippen LogP contribution in [0.25, 0.3) is 0 Å². The lowest BCUT2D eigenvalue weighted by atomic mass is 10.2. The molecule has 1 aromatic carbocycles. The highest BCUT2D eigenvalue weighted by atomic mass is 35.5. The quantitative estimate of drug-likeness (QED) is 0.429. The molecule has 0 unspecified atom stereocenters. The Bertz CT molecular complexity index is 584. The number of amides is 1. The number of carbonyl (C=O) groups is 1. The number of anilines is 1. The molecule has 1 aromatic rings. The van der Waals surface area contributed by atoms with Crippen molar-refractivity contribution < 1.29 is 14.4 Å². The lowest BCUT2D eigenvalue weighted by Crippen LogP contribution is -2.27. The lowest BCUT2D eigenvalue weighted by Gasteiger charge is -2.21. The number of aryl methyl sites for hydroxylation is 1. The van der Waals surface area contributed by atoms with Crippen LogP contribution in [0.3, 0.4) is 0 Å². The standard InChI is InChI=1S/C14H17ClFN3O2/c1-9-4-5-12(11(16)6-9)17-14(19(3)8-20)13(18-21)7-10(2)15/h4-8,17-18,21H,1-3H3/b10-7+,14-13+. The van der Waals surface area contributed by atoms with Gasteiger partial charge in [0.2, 0.25) is 6.41 Å². The fourth-order valence-electron chi connectivity index (χ4n) is 1.60. The molecule has 0 saturated heterocycles. The van der Waals surface area contributed by atoms with Crippen molar-refractivity contribution in [3.05, 3.63) is 52.2 Å². The van der Waals surface area contributed by atoms with Gasteiger partial charge in [0.1, 0.15) is 17.3 Å². The van der Waals surface area contributed by atoms with Crippen molar-refractivity contribution in [2.24, 2.45) is 0 Å². The van der Waals surface area contributed by atoms with E-state index in [4.69, 9.17) is 11.6 Å². The predicted octanol–water partition coefficient (Wildman–Crippen LogP) is 2.92. The van der Waals surface area contributed by atoms with Gasteiger partial charge in [0.05, 0.1) is 5.69 Å². The zero-order valence-electron chi connectivity index (χ0n) is 11.9. The number of hydrogen-bond acceptors (Lipinski definition) is 4. The third kappa shape index (κ3) is 4.77. The summed E-state index contributed by atoms with van der Waals surface area (Å²) in [6, 6.07) is 4.61. The van der Waals surface area contributed by atoms with E-state index in [1.165, 1.54) is 25.3 Å². The van der Waals surface area contributed by atoms with Gasteiger partial charge in [-0.2, -0.15) is 0 Å². The Morgan fingerprint density at radius 2 is 2.14 bits per heavy atom. The van der Waals surface area contributed by atoms with Crippen molar-refractivity contribution in [1.29, 1.82) is 0 Å². The van der Waals surface area contributed by atoms with Crippen LogP contribution in [0.15, 0.2) is 40.8 Å². The lowest BCUT2D eigenvalue weighted by molar-refractivity contribution is -0.115. The summed E-state index contributed by atoms with van der Waals surface area (Å²) in [4.78, 5) is 12.1. The molecular formula is C14H17ClFN3O2. The van der Waals surface area contributed by atoms with Crippen LogP contribution >= 0.6 is 11.6 Å². The van der Waals surface area contributed by atoms with Gasteiger partial charge in [0.25, 0.3) is 0 Å². The van der Waals surface area contributed by atoms with Crippen molar-refractivity contribution >= 4 is 23.7 Å². The molecule has 0 spiro atoms. The number of halogens is 2. The molecule has 0 fully saturated rings. The Balaban J connectivity index is 3.29. The van der Waals surface area contributed by atoms with Crippen molar-refractivity contribution in [1.82, 2.24) is 10.4 Å². The second-order valence-electron chi connectivity index (χ2n) is 4.43. The molecule has 7 heteroatoms. The number of hydrogen-bond donors (Lipinski definition) is 3. The van der Waals surface area contributed by atoms with Crippen LogP contribution in [0.1, 0.15) is 12.5 Å². The maximum absolute atomic E-state index is 13.9. The molecule has 114 valence electrons. The van der Waals surface area contributed by atoms with Crippen molar-refractivity contribution in [2.45, 2.75) is 13.8 Å². The van der Waals surface area contributed by atoms with E-state index < -0.39 is 5.82 Å². The maximum Gasteiger partial charge on any atom is 0.215 e. The molecule has 0 aliphatic carbocycles. The summed E-state index contributed by atoms with van der Waals surface area (Å²) in [6.07, 6.45) is 1.92. The molecule has 1 amide bonds. The van der Waals surface area contributed by atoms with Gasteiger partial charge in [-0.3, -0.25) is 15.5 Å². The van der Waals surface area contributed by atoms with Gasteiger partial charge in [0.15, 0.2) is 0 Å². The number of nitrogens with one attached hydrogen (secondary N) is 2. The van der Waals surface area contributed by atoms with E-state index in [2.05, 4.69) is 5.32 Å². The molecule has 0 bridgehead atoms. The third-order valence-corrected chi connectivity index (χ3v) is 2.72. The third-order valence-electron chi connectivity index (χ3n) is 2.61. The minimum Gasteiger partial charge on any atom is -0.337 e. The molecular weight excluding hydrogens is 297 g/mol. The maximum atomic E-state index is 13.9. The zero-order chi connectivity index (χ0) is 16.0. The van der Waals surface area contributed by atoms with E-state index >= 15 is 0 Å². The molecule has 0 heterocycles. The molecule has 3 N–H and O–H groups in total. The van der Waals surface area contributed by atoms with Crippen LogP contribution in [-0.2, 0) is 4.79 Å². The molecule has 0 atom stereocenters. The fraction of sp³-hybridized carbons (Fsp3) is 0.214. The Labute approximate surface area is 127 Å². The molecule has 0 radical (unpaired) electrons. The van der Waals surface area contributed by atoms with Crippen LogP contribution in [0.2, 0.25) is 0 Å². The summed E-state index contributed by atoms with van der Waals surface area (Å²) in [5.74, 6) is -0.328. The topological polar surface area (TPSA) is 64.6 Å². The normalized spacial score (nSPS) is 12.6. The van der Waals surface area contributed by atoms with Crippen LogP contribution in [0.5, 0.6) is 0 Å². The number of rotatable bonds is 6. The summed E-state index contributed by atoms with van der Waals surface area (Å²) in [6.45, 7) is 3.37. The molecule has 0 aliphatic rings. The van der Waals surface area contributed by atoms with Crippen LogP contribution in [0.4, 0.5) is 10.1 Å². The highest BCUT2D eigenvalue weighted by Crippen LogP contribution is 2.20. The number of nitrogens with zero attached hydrogens (tertiary/aromatic N) is 1. The second kappa shape index (κ2) is 7.66. The van der Waals surface area contributed by atoms with Gasteiger partial charge in [-0.15, -0.1) is 0 Å². The first-order valence-corrected chi connectivity index (χ1v) is 6.46. The second-order valence-corrected chi connectivity index (χ2v) is 5.03. The minimum absolute atomic E-state index is 0.122. The van der Waals surface area contributed by atoms with Gasteiger partial charge in [-0.25, -0.2) is 4.39 Å². The summed E-state index contributed by atoms with van der Waals surface area (Å²) >= 11 is 5.77. The van der Waals surface area contributed by atoms with E-state index in [9.17, 15) is 14.4 Å². The van der Waals surface area contributed by atoms with Gasteiger partial charge in [-0.05, 0) is 37.6 Å². The average molecular weight is 314 g/mol. The number of hydroxylamine groups is 1. The van der Waals surface area contributed by atoms with Crippen molar-refractivity contribution in [2.75, 3.05) is 12.4 Å². The Hall–Kier alpha value is -2.05. The fourth-order valence-corrected chi connectivity index (χ4v) is 1.71. The van der Waals surface area contributed by atoms with Gasteiger partial charge in [0, 0.05) is 12.1 Å². The Morgan fingerprint density at radius 3 is 2.62 bits per heavy atom. The van der Waals surface area contributed by atoms with E-state index in [1.807, 2.05) is 5.48 Å². The van der Waals surface area contributed by atoms with Gasteiger partial charge in [-0.1, -0.05) is 17.7 Å². The number of allylic oxidation sites excluding steroid dienone is 2. The number of carbonyl (C=O) groups excluding carboxylic acids is 1. The van der Waals surface area contributed by atoms with Crippen LogP contribution in [-0.4, -0.2) is 23.6 Å². The molecule has 0 saturated carbocycles. The average Bonchev–Trinajstić information content (AvgIpc) is 2.43. The summed E-state index contributed by atoms with van der Waals surface area (Å²) in [7, 11) is 1.45. The Kier molecular flexibility index (Phi) is 6.20. The van der Waals surface area contributed by atoms with E-state index in [1.54, 1.807) is 19.9 Å². The van der Waals surface area contributed by atoms with E-state index in [0.717, 1.165) is 10.5 Å². The SMILES string of the molecule is C/C(Cl)=C\C(NO)=C(\Nc1ccc(C)cc1F)N(C)C=O. The highest BCUT2D eigenvalue weighted by molar-refractivity contribution is 6.29. The van der Waals surface area contributed by atoms with Crippen LogP contribution in [0, 0.1) is 12.7 Å². The first-order chi connectivity index (χ1) is 9.88. The molecule has 0 aromatic heterocycles. The smallest absolute Gasteiger partial charge is 0.215 e. The van der Waals surface area contributed by atoms with Gasteiger partial charge >= 0.3 is 0 Å². The first kappa shape index (κ1) is 17.0.